The van der Waals surface area contributed by atoms with E-state index in [4.69, 9.17) is 4.74 Å². The third-order valence-electron chi connectivity index (χ3n) is 3.89. The van der Waals surface area contributed by atoms with Gasteiger partial charge < -0.3 is 10.1 Å². The molecule has 0 saturated heterocycles. The molecule has 0 aromatic heterocycles. The van der Waals surface area contributed by atoms with Gasteiger partial charge in [0.1, 0.15) is 5.54 Å². The molecule has 1 N–H and O–H groups in total. The molecule has 0 unspecified atom stereocenters. The third kappa shape index (κ3) is 4.08. The fraction of sp³-hybridized carbons (Fsp3) is 0.471. The Morgan fingerprint density at radius 1 is 1.32 bits per heavy atom. The number of benzene rings is 1. The summed E-state index contributed by atoms with van der Waals surface area (Å²) in [6.07, 6.45) is 4.25. The molecule has 5 nitrogen and oxygen atoms in total. The summed E-state index contributed by atoms with van der Waals surface area (Å²) in [7, 11) is 0. The number of rotatable bonds is 4. The SMILES string of the molecule is Cc1cccc(C(=O)OCC(=O)NC2(C#N)CCCCC2)c1. The van der Waals surface area contributed by atoms with Crippen molar-refractivity contribution in [1.29, 1.82) is 5.26 Å². The van der Waals surface area contributed by atoms with E-state index in [1.54, 1.807) is 18.2 Å². The number of aryl methyl sites for hydroxylation is 1. The lowest BCUT2D eigenvalue weighted by atomic mass is 9.83. The van der Waals surface area contributed by atoms with Gasteiger partial charge in [0.05, 0.1) is 11.6 Å². The molecule has 1 saturated carbocycles. The fourth-order valence-electron chi connectivity index (χ4n) is 2.71. The maximum absolute atomic E-state index is 11.9. The molecule has 1 fully saturated rings. The van der Waals surface area contributed by atoms with Gasteiger partial charge in [-0.15, -0.1) is 0 Å². The van der Waals surface area contributed by atoms with E-state index in [1.807, 2.05) is 13.0 Å². The van der Waals surface area contributed by atoms with Crippen molar-refractivity contribution in [3.8, 4) is 6.07 Å². The van der Waals surface area contributed by atoms with Crippen LogP contribution in [0.4, 0.5) is 0 Å². The number of carbonyl (C=O) groups excluding carboxylic acids is 2. The monoisotopic (exact) mass is 300 g/mol. The van der Waals surface area contributed by atoms with Crippen LogP contribution in [0.15, 0.2) is 24.3 Å². The number of hydrogen-bond donors (Lipinski definition) is 1. The van der Waals surface area contributed by atoms with Crippen LogP contribution in [-0.2, 0) is 9.53 Å². The van der Waals surface area contributed by atoms with Gasteiger partial charge in [0.15, 0.2) is 6.61 Å². The quantitative estimate of drug-likeness (QED) is 0.866. The van der Waals surface area contributed by atoms with E-state index >= 15 is 0 Å². The van der Waals surface area contributed by atoms with Gasteiger partial charge in [-0.25, -0.2) is 4.79 Å². The van der Waals surface area contributed by atoms with E-state index in [0.29, 0.717) is 18.4 Å². The van der Waals surface area contributed by atoms with Gasteiger partial charge >= 0.3 is 5.97 Å². The van der Waals surface area contributed by atoms with E-state index in [9.17, 15) is 14.9 Å². The molecule has 22 heavy (non-hydrogen) atoms. The van der Waals surface area contributed by atoms with E-state index in [0.717, 1.165) is 24.8 Å². The van der Waals surface area contributed by atoms with Crippen LogP contribution in [0.25, 0.3) is 0 Å². The van der Waals surface area contributed by atoms with E-state index in [1.165, 1.54) is 0 Å². The van der Waals surface area contributed by atoms with Crippen molar-refractivity contribution >= 4 is 11.9 Å². The highest BCUT2D eigenvalue weighted by Crippen LogP contribution is 2.27. The van der Waals surface area contributed by atoms with Crippen LogP contribution in [0, 0.1) is 18.3 Å². The Kier molecular flexibility index (Phi) is 5.16. The smallest absolute Gasteiger partial charge is 0.338 e. The maximum atomic E-state index is 11.9. The molecule has 0 bridgehead atoms. The summed E-state index contributed by atoms with van der Waals surface area (Å²) < 4.78 is 5.02. The number of carbonyl (C=O) groups is 2. The minimum Gasteiger partial charge on any atom is -0.452 e. The summed E-state index contributed by atoms with van der Waals surface area (Å²) in [6, 6.07) is 9.19. The van der Waals surface area contributed by atoms with Gasteiger partial charge in [0.25, 0.3) is 5.91 Å². The molecular formula is C17H20N2O3. The number of nitrogens with zero attached hydrogens (tertiary/aromatic N) is 1. The molecule has 1 aromatic rings. The molecule has 116 valence electrons. The minimum absolute atomic E-state index is 0.365. The average molecular weight is 300 g/mol. The molecule has 0 radical (unpaired) electrons. The Morgan fingerprint density at radius 3 is 2.68 bits per heavy atom. The van der Waals surface area contributed by atoms with Crippen molar-refractivity contribution in [2.24, 2.45) is 0 Å². The second kappa shape index (κ2) is 7.08. The molecule has 0 aliphatic heterocycles. The molecule has 0 spiro atoms. The zero-order chi connectivity index (χ0) is 16.0. The first-order valence-electron chi connectivity index (χ1n) is 7.51. The standard InChI is InChI=1S/C17H20N2O3/c1-13-6-5-7-14(10-13)16(21)22-11-15(20)19-17(12-18)8-3-2-4-9-17/h5-7,10H,2-4,8-9,11H2,1H3,(H,19,20). The van der Waals surface area contributed by atoms with Crippen molar-refractivity contribution in [2.75, 3.05) is 6.61 Å². The topological polar surface area (TPSA) is 79.2 Å². The summed E-state index contributed by atoms with van der Waals surface area (Å²) in [5.74, 6) is -0.960. The van der Waals surface area contributed by atoms with Crippen LogP contribution >= 0.6 is 0 Å². The lowest BCUT2D eigenvalue weighted by molar-refractivity contribution is -0.125. The predicted molar refractivity (Wildman–Crippen MR) is 81.0 cm³/mol. The molecular weight excluding hydrogens is 280 g/mol. The number of esters is 1. The van der Waals surface area contributed by atoms with Gasteiger partial charge in [0.2, 0.25) is 0 Å². The maximum Gasteiger partial charge on any atom is 0.338 e. The van der Waals surface area contributed by atoms with Crippen molar-refractivity contribution in [1.82, 2.24) is 5.32 Å². The molecule has 2 rings (SSSR count). The second-order valence-electron chi connectivity index (χ2n) is 5.75. The Bertz CT molecular complexity index is 598. The lowest BCUT2D eigenvalue weighted by Gasteiger charge is -2.31. The normalized spacial score (nSPS) is 16.4. The van der Waals surface area contributed by atoms with Crippen molar-refractivity contribution in [2.45, 2.75) is 44.6 Å². The van der Waals surface area contributed by atoms with Gasteiger partial charge in [-0.2, -0.15) is 5.26 Å². The second-order valence-corrected chi connectivity index (χ2v) is 5.75. The summed E-state index contributed by atoms with van der Waals surface area (Å²) in [5.41, 5.74) is 0.565. The lowest BCUT2D eigenvalue weighted by Crippen LogP contribution is -2.50. The van der Waals surface area contributed by atoms with Gasteiger partial charge in [-0.05, 0) is 31.9 Å². The number of hydrogen-bond acceptors (Lipinski definition) is 4. The van der Waals surface area contributed by atoms with Gasteiger partial charge in [0, 0.05) is 0 Å². The Labute approximate surface area is 130 Å². The molecule has 1 aromatic carbocycles. The largest absolute Gasteiger partial charge is 0.452 e. The zero-order valence-electron chi connectivity index (χ0n) is 12.7. The van der Waals surface area contributed by atoms with Crippen molar-refractivity contribution in [3.05, 3.63) is 35.4 Å². The van der Waals surface area contributed by atoms with Crippen LogP contribution < -0.4 is 5.32 Å². The van der Waals surface area contributed by atoms with E-state index in [-0.39, 0.29) is 6.61 Å². The molecule has 0 atom stereocenters. The zero-order valence-corrected chi connectivity index (χ0v) is 12.7. The minimum atomic E-state index is -0.801. The van der Waals surface area contributed by atoms with Crippen LogP contribution in [0.3, 0.4) is 0 Å². The first-order chi connectivity index (χ1) is 10.5. The summed E-state index contributed by atoms with van der Waals surface area (Å²) in [5, 5.41) is 12.0. The Balaban J connectivity index is 1.87. The molecule has 0 heterocycles. The highest BCUT2D eigenvalue weighted by atomic mass is 16.5. The molecule has 1 aliphatic carbocycles. The average Bonchev–Trinajstić information content (AvgIpc) is 2.53. The number of amides is 1. The molecule has 1 aliphatic rings. The predicted octanol–water partition coefficient (Wildman–Crippen LogP) is 2.49. The summed E-state index contributed by atoms with van der Waals surface area (Å²) in [4.78, 5) is 23.8. The van der Waals surface area contributed by atoms with Crippen LogP contribution in [0.2, 0.25) is 0 Å². The summed E-state index contributed by atoms with van der Waals surface area (Å²) >= 11 is 0. The number of nitriles is 1. The van der Waals surface area contributed by atoms with Crippen LogP contribution in [-0.4, -0.2) is 24.0 Å². The highest BCUT2D eigenvalue weighted by molar-refractivity contribution is 5.91. The summed E-state index contributed by atoms with van der Waals surface area (Å²) in [6.45, 7) is 1.51. The first-order valence-corrected chi connectivity index (χ1v) is 7.51. The molecule has 5 heteroatoms. The third-order valence-corrected chi connectivity index (χ3v) is 3.89. The van der Waals surface area contributed by atoms with Gasteiger partial charge in [-0.3, -0.25) is 4.79 Å². The van der Waals surface area contributed by atoms with Crippen LogP contribution in [0.5, 0.6) is 0 Å². The van der Waals surface area contributed by atoms with Crippen molar-refractivity contribution < 1.29 is 14.3 Å². The first kappa shape index (κ1) is 16.0. The van der Waals surface area contributed by atoms with E-state index < -0.39 is 17.4 Å². The van der Waals surface area contributed by atoms with E-state index in [2.05, 4.69) is 11.4 Å². The number of ether oxygens (including phenoxy) is 1. The Morgan fingerprint density at radius 2 is 2.05 bits per heavy atom. The number of nitrogens with one attached hydrogen (secondary N) is 1. The van der Waals surface area contributed by atoms with Gasteiger partial charge in [-0.1, -0.05) is 37.0 Å². The van der Waals surface area contributed by atoms with Crippen LogP contribution in [0.1, 0.15) is 48.0 Å². The Hall–Kier alpha value is -2.35. The highest BCUT2D eigenvalue weighted by Gasteiger charge is 2.33. The molecule has 1 amide bonds. The fourth-order valence-corrected chi connectivity index (χ4v) is 2.71. The van der Waals surface area contributed by atoms with Crippen molar-refractivity contribution in [3.63, 3.8) is 0 Å².